The number of hydrogen-bond acceptors (Lipinski definition) is 4. The minimum atomic E-state index is -0.452. The fraction of sp³-hybridized carbons (Fsp3) is 0.438. The number of carbonyl (C=O) groups is 3. The highest BCUT2D eigenvalue weighted by Crippen LogP contribution is 2.59. The molecule has 1 saturated heterocycles. The van der Waals surface area contributed by atoms with Gasteiger partial charge >= 0.3 is 5.97 Å². The smallest absolute Gasteiger partial charge is 0.310 e. The van der Waals surface area contributed by atoms with Crippen LogP contribution in [0.15, 0.2) is 30.3 Å². The molecule has 3 aliphatic rings. The topological polar surface area (TPSA) is 84.5 Å². The lowest BCUT2D eigenvalue weighted by atomic mass is 9.79. The van der Waals surface area contributed by atoms with Gasteiger partial charge in [-0.1, -0.05) is 34.1 Å². The third kappa shape index (κ3) is 2.17. The van der Waals surface area contributed by atoms with Gasteiger partial charge in [0.1, 0.15) is 6.10 Å². The molecule has 6 nitrogen and oxygen atoms in total. The molecule has 4 rings (SSSR count). The molecule has 2 aliphatic carbocycles. The molecule has 2 saturated carbocycles. The number of benzene rings is 1. The number of alkyl halides is 1. The van der Waals surface area contributed by atoms with Gasteiger partial charge in [0.25, 0.3) is 5.91 Å². The third-order valence-electron chi connectivity index (χ3n) is 5.16. The Morgan fingerprint density at radius 2 is 1.87 bits per heavy atom. The van der Waals surface area contributed by atoms with Crippen molar-refractivity contribution >= 4 is 33.7 Å². The number of carbonyl (C=O) groups excluding carboxylic acids is 3. The number of rotatable bonds is 2. The molecule has 23 heavy (non-hydrogen) atoms. The summed E-state index contributed by atoms with van der Waals surface area (Å²) in [6, 6.07) is 8.62. The Labute approximate surface area is 141 Å². The van der Waals surface area contributed by atoms with Crippen molar-refractivity contribution in [2.24, 2.45) is 23.7 Å². The standard InChI is InChI=1S/C16H15BrN2O4/c17-12-8-6-9-11(16(22)23-13(9)12)10(8)15(21)19-18-14(20)7-4-2-1-3-5-7/h1-5,8-13H,6H2,(H,18,20)(H,19,21)/t8-,9-,10-,11-,12+,13+/m1/s1. The maximum Gasteiger partial charge on any atom is 0.310 e. The number of fused-ring (bicyclic) bond motifs is 1. The van der Waals surface area contributed by atoms with Gasteiger partial charge in [-0.25, -0.2) is 0 Å². The van der Waals surface area contributed by atoms with E-state index in [9.17, 15) is 14.4 Å². The summed E-state index contributed by atoms with van der Waals surface area (Å²) >= 11 is 3.56. The van der Waals surface area contributed by atoms with Crippen LogP contribution in [0.3, 0.4) is 0 Å². The Bertz CT molecular complexity index is 680. The van der Waals surface area contributed by atoms with Crippen LogP contribution in [0.2, 0.25) is 0 Å². The number of esters is 1. The van der Waals surface area contributed by atoms with Crippen LogP contribution >= 0.6 is 15.9 Å². The van der Waals surface area contributed by atoms with E-state index in [1.807, 2.05) is 6.07 Å². The van der Waals surface area contributed by atoms with Gasteiger partial charge in [0.05, 0.1) is 16.7 Å². The molecule has 6 atom stereocenters. The quantitative estimate of drug-likeness (QED) is 0.457. The van der Waals surface area contributed by atoms with Gasteiger partial charge in [0, 0.05) is 11.5 Å². The molecule has 1 aliphatic heterocycles. The monoisotopic (exact) mass is 378 g/mol. The zero-order chi connectivity index (χ0) is 16.1. The van der Waals surface area contributed by atoms with E-state index in [1.165, 1.54) is 0 Å². The second-order valence-electron chi connectivity index (χ2n) is 6.27. The van der Waals surface area contributed by atoms with E-state index in [0.29, 0.717) is 5.56 Å². The van der Waals surface area contributed by atoms with Crippen molar-refractivity contribution in [3.8, 4) is 0 Å². The zero-order valence-electron chi connectivity index (χ0n) is 12.1. The minimum Gasteiger partial charge on any atom is -0.461 e. The van der Waals surface area contributed by atoms with Crippen LogP contribution in [-0.2, 0) is 14.3 Å². The summed E-state index contributed by atoms with van der Waals surface area (Å²) < 4.78 is 5.37. The number of ether oxygens (including phenoxy) is 1. The fourth-order valence-electron chi connectivity index (χ4n) is 4.19. The molecule has 0 aromatic heterocycles. The number of halogens is 1. The SMILES string of the molecule is O=C(NNC(=O)[C@@H]1[C@H]2C[C@H]3[C@H](OC(=O)[C@H]31)[C@H]2Br)c1ccccc1. The van der Waals surface area contributed by atoms with Gasteiger partial charge in [0.15, 0.2) is 0 Å². The number of amides is 2. The van der Waals surface area contributed by atoms with Crippen LogP contribution in [-0.4, -0.2) is 28.7 Å². The van der Waals surface area contributed by atoms with Gasteiger partial charge in [0.2, 0.25) is 5.91 Å². The van der Waals surface area contributed by atoms with Gasteiger partial charge in [-0.05, 0) is 24.5 Å². The zero-order valence-corrected chi connectivity index (χ0v) is 13.7. The van der Waals surface area contributed by atoms with Crippen molar-refractivity contribution < 1.29 is 19.1 Å². The summed E-state index contributed by atoms with van der Waals surface area (Å²) in [4.78, 5) is 36.5. The fourth-order valence-corrected chi connectivity index (χ4v) is 5.24. The molecule has 2 bridgehead atoms. The van der Waals surface area contributed by atoms with Crippen molar-refractivity contribution in [2.75, 3.05) is 0 Å². The Morgan fingerprint density at radius 1 is 1.13 bits per heavy atom. The highest BCUT2D eigenvalue weighted by atomic mass is 79.9. The van der Waals surface area contributed by atoms with E-state index < -0.39 is 5.92 Å². The third-order valence-corrected chi connectivity index (χ3v) is 6.36. The first-order chi connectivity index (χ1) is 11.1. The minimum absolute atomic E-state index is 0.00998. The molecular formula is C16H15BrN2O4. The molecule has 120 valence electrons. The average molecular weight is 379 g/mol. The first-order valence-corrected chi connectivity index (χ1v) is 8.49. The molecule has 0 unspecified atom stereocenters. The van der Waals surface area contributed by atoms with Gasteiger partial charge in [-0.15, -0.1) is 0 Å². The Hall–Kier alpha value is -1.89. The van der Waals surface area contributed by atoms with Crippen LogP contribution in [0.5, 0.6) is 0 Å². The van der Waals surface area contributed by atoms with E-state index in [1.54, 1.807) is 24.3 Å². The molecule has 0 radical (unpaired) electrons. The molecule has 2 N–H and O–H groups in total. The van der Waals surface area contributed by atoms with Crippen molar-refractivity contribution in [3.63, 3.8) is 0 Å². The lowest BCUT2D eigenvalue weighted by Crippen LogP contribution is -2.49. The summed E-state index contributed by atoms with van der Waals surface area (Å²) in [5, 5.41) is 0. The predicted octanol–water partition coefficient (Wildman–Crippen LogP) is 1.02. The maximum absolute atomic E-state index is 12.5. The normalized spacial score (nSPS) is 36.7. The summed E-state index contributed by atoms with van der Waals surface area (Å²) in [6.45, 7) is 0. The molecule has 1 aromatic carbocycles. The molecule has 3 fully saturated rings. The van der Waals surface area contributed by atoms with Gasteiger partial charge < -0.3 is 4.74 Å². The van der Waals surface area contributed by atoms with Crippen LogP contribution in [0.25, 0.3) is 0 Å². The number of hydrogen-bond donors (Lipinski definition) is 2. The molecule has 7 heteroatoms. The first kappa shape index (κ1) is 14.7. The van der Waals surface area contributed by atoms with Gasteiger partial charge in [-0.3, -0.25) is 25.2 Å². The summed E-state index contributed by atoms with van der Waals surface area (Å²) in [7, 11) is 0. The highest BCUT2D eigenvalue weighted by Gasteiger charge is 2.67. The summed E-state index contributed by atoms with van der Waals surface area (Å²) in [6.07, 6.45) is 0.697. The van der Waals surface area contributed by atoms with E-state index in [-0.39, 0.29) is 46.5 Å². The maximum atomic E-state index is 12.5. The molecule has 2 amide bonds. The average Bonchev–Trinajstić information content (AvgIpc) is 3.17. The predicted molar refractivity (Wildman–Crippen MR) is 83.2 cm³/mol. The van der Waals surface area contributed by atoms with E-state index in [0.717, 1.165) is 6.42 Å². The van der Waals surface area contributed by atoms with E-state index >= 15 is 0 Å². The van der Waals surface area contributed by atoms with Crippen LogP contribution in [0, 0.1) is 23.7 Å². The van der Waals surface area contributed by atoms with Crippen LogP contribution in [0.1, 0.15) is 16.8 Å². The largest absolute Gasteiger partial charge is 0.461 e. The Kier molecular flexibility index (Phi) is 3.41. The van der Waals surface area contributed by atoms with Crippen LogP contribution in [0.4, 0.5) is 0 Å². The first-order valence-electron chi connectivity index (χ1n) is 7.57. The Balaban J connectivity index is 1.44. The van der Waals surface area contributed by atoms with Gasteiger partial charge in [-0.2, -0.15) is 0 Å². The second kappa shape index (κ2) is 5.33. The number of nitrogens with one attached hydrogen (secondary N) is 2. The van der Waals surface area contributed by atoms with Crippen molar-refractivity contribution in [1.29, 1.82) is 0 Å². The molecule has 1 heterocycles. The molecule has 1 aromatic rings. The van der Waals surface area contributed by atoms with E-state index in [4.69, 9.17) is 4.74 Å². The van der Waals surface area contributed by atoms with Crippen molar-refractivity contribution in [3.05, 3.63) is 35.9 Å². The highest BCUT2D eigenvalue weighted by molar-refractivity contribution is 9.09. The second-order valence-corrected chi connectivity index (χ2v) is 7.33. The van der Waals surface area contributed by atoms with Crippen molar-refractivity contribution in [2.45, 2.75) is 17.4 Å². The Morgan fingerprint density at radius 3 is 2.61 bits per heavy atom. The summed E-state index contributed by atoms with van der Waals surface area (Å²) in [5.41, 5.74) is 5.34. The lowest BCUT2D eigenvalue weighted by molar-refractivity contribution is -0.146. The molecule has 0 spiro atoms. The van der Waals surface area contributed by atoms with Crippen molar-refractivity contribution in [1.82, 2.24) is 10.9 Å². The van der Waals surface area contributed by atoms with Crippen LogP contribution < -0.4 is 10.9 Å². The molecular weight excluding hydrogens is 364 g/mol. The summed E-state index contributed by atoms with van der Waals surface area (Å²) in [5.74, 6) is -1.66. The lowest BCUT2D eigenvalue weighted by Gasteiger charge is -2.27. The van der Waals surface area contributed by atoms with E-state index in [2.05, 4.69) is 26.8 Å². The number of hydrazine groups is 1.